The molecule has 76 valence electrons. The lowest BCUT2D eigenvalue weighted by atomic mass is 10.1. The number of hydrogen-bond donors (Lipinski definition) is 1. The van der Waals surface area contributed by atoms with Crippen molar-refractivity contribution in [1.82, 2.24) is 10.2 Å². The third-order valence-corrected chi connectivity index (χ3v) is 2.70. The Morgan fingerprint density at radius 3 is 2.54 bits per heavy atom. The van der Waals surface area contributed by atoms with E-state index in [0.717, 1.165) is 19.1 Å². The van der Waals surface area contributed by atoms with Gasteiger partial charge < -0.3 is 5.32 Å². The fourth-order valence-electron chi connectivity index (χ4n) is 1.54. The third kappa shape index (κ3) is 3.49. The van der Waals surface area contributed by atoms with Crippen LogP contribution in [0.3, 0.4) is 0 Å². The highest BCUT2D eigenvalue weighted by Crippen LogP contribution is 2.27. The van der Waals surface area contributed by atoms with Crippen LogP contribution in [0, 0.1) is 0 Å². The second-order valence-corrected chi connectivity index (χ2v) is 4.58. The quantitative estimate of drug-likeness (QED) is 0.628. The van der Waals surface area contributed by atoms with E-state index in [2.05, 4.69) is 30.6 Å². The zero-order valence-electron chi connectivity index (χ0n) is 9.14. The van der Waals surface area contributed by atoms with Crippen LogP contribution in [0.4, 0.5) is 0 Å². The van der Waals surface area contributed by atoms with Crippen LogP contribution < -0.4 is 5.32 Å². The molecule has 1 N–H and O–H groups in total. The predicted octanol–water partition coefficient (Wildman–Crippen LogP) is 1.63. The van der Waals surface area contributed by atoms with Gasteiger partial charge in [-0.1, -0.05) is 6.08 Å². The van der Waals surface area contributed by atoms with E-state index in [9.17, 15) is 0 Å². The van der Waals surface area contributed by atoms with Crippen molar-refractivity contribution in [2.45, 2.75) is 38.3 Å². The molecule has 0 aromatic rings. The average molecular weight is 182 g/mol. The van der Waals surface area contributed by atoms with Gasteiger partial charge >= 0.3 is 0 Å². The molecule has 0 radical (unpaired) electrons. The fourth-order valence-corrected chi connectivity index (χ4v) is 1.54. The average Bonchev–Trinajstić information content (AvgIpc) is 2.86. The van der Waals surface area contributed by atoms with Gasteiger partial charge in [-0.25, -0.2) is 0 Å². The molecule has 0 saturated heterocycles. The van der Waals surface area contributed by atoms with E-state index in [-0.39, 0.29) is 5.54 Å². The molecule has 1 fully saturated rings. The number of hydrogen-bond acceptors (Lipinski definition) is 2. The number of likely N-dealkylation sites (N-methyl/N-ethyl adjacent to an activating group) is 1. The molecule has 1 aliphatic rings. The van der Waals surface area contributed by atoms with Crippen molar-refractivity contribution in [2.24, 2.45) is 0 Å². The fraction of sp³-hybridized carbons (Fsp3) is 0.818. The summed E-state index contributed by atoms with van der Waals surface area (Å²) >= 11 is 0. The molecule has 1 rings (SSSR count). The van der Waals surface area contributed by atoms with E-state index in [1.165, 1.54) is 12.8 Å². The molecule has 2 heteroatoms. The van der Waals surface area contributed by atoms with Gasteiger partial charge in [-0.2, -0.15) is 0 Å². The van der Waals surface area contributed by atoms with E-state index in [1.54, 1.807) is 0 Å². The molecule has 13 heavy (non-hydrogen) atoms. The van der Waals surface area contributed by atoms with Crippen LogP contribution in [0.1, 0.15) is 26.7 Å². The van der Waals surface area contributed by atoms with Gasteiger partial charge in [0.1, 0.15) is 0 Å². The normalized spacial score (nSPS) is 17.8. The Balaban J connectivity index is 2.41. The molecule has 0 spiro atoms. The van der Waals surface area contributed by atoms with E-state index >= 15 is 0 Å². The summed E-state index contributed by atoms with van der Waals surface area (Å²) in [7, 11) is 2.03. The molecule has 0 aromatic carbocycles. The lowest BCUT2D eigenvalue weighted by Gasteiger charge is -2.32. The Labute approximate surface area is 82.0 Å². The van der Waals surface area contributed by atoms with Gasteiger partial charge in [-0.3, -0.25) is 4.90 Å². The van der Waals surface area contributed by atoms with Gasteiger partial charge in [0.05, 0.1) is 0 Å². The van der Waals surface area contributed by atoms with Crippen LogP contribution in [0.15, 0.2) is 12.7 Å². The van der Waals surface area contributed by atoms with Crippen LogP contribution >= 0.6 is 0 Å². The van der Waals surface area contributed by atoms with Crippen molar-refractivity contribution in [1.29, 1.82) is 0 Å². The summed E-state index contributed by atoms with van der Waals surface area (Å²) in [6.45, 7) is 10.4. The number of nitrogens with one attached hydrogen (secondary N) is 1. The lowest BCUT2D eigenvalue weighted by molar-refractivity contribution is 0.216. The first kappa shape index (κ1) is 10.7. The van der Waals surface area contributed by atoms with Gasteiger partial charge in [0.25, 0.3) is 0 Å². The smallest absolute Gasteiger partial charge is 0.0249 e. The van der Waals surface area contributed by atoms with Crippen molar-refractivity contribution >= 4 is 0 Å². The summed E-state index contributed by atoms with van der Waals surface area (Å²) < 4.78 is 0. The van der Waals surface area contributed by atoms with Gasteiger partial charge in [0, 0.05) is 24.7 Å². The molecule has 0 aromatic heterocycles. The minimum atomic E-state index is 0.214. The largest absolute Gasteiger partial charge is 0.314 e. The monoisotopic (exact) mass is 182 g/mol. The van der Waals surface area contributed by atoms with Crippen molar-refractivity contribution in [2.75, 3.05) is 20.1 Å². The number of nitrogens with zero attached hydrogens (tertiary/aromatic N) is 1. The maximum Gasteiger partial charge on any atom is 0.0249 e. The summed E-state index contributed by atoms with van der Waals surface area (Å²) in [6, 6.07) is 0.825. The molecule has 2 nitrogen and oxygen atoms in total. The third-order valence-electron chi connectivity index (χ3n) is 2.70. The maximum atomic E-state index is 3.80. The first-order valence-corrected chi connectivity index (χ1v) is 5.13. The van der Waals surface area contributed by atoms with E-state index in [0.29, 0.717) is 0 Å². The van der Waals surface area contributed by atoms with Crippen molar-refractivity contribution < 1.29 is 0 Å². The Morgan fingerprint density at radius 2 is 2.15 bits per heavy atom. The Hall–Kier alpha value is -0.340. The van der Waals surface area contributed by atoms with E-state index in [4.69, 9.17) is 0 Å². The van der Waals surface area contributed by atoms with E-state index in [1.807, 2.05) is 13.1 Å². The summed E-state index contributed by atoms with van der Waals surface area (Å²) in [5, 5.41) is 3.34. The zero-order chi connectivity index (χ0) is 9.90. The molecule has 1 saturated carbocycles. The summed E-state index contributed by atoms with van der Waals surface area (Å²) in [6.07, 6.45) is 4.74. The molecule has 0 bridgehead atoms. The first-order chi connectivity index (χ1) is 6.09. The summed E-state index contributed by atoms with van der Waals surface area (Å²) in [4.78, 5) is 2.52. The minimum Gasteiger partial charge on any atom is -0.314 e. The highest BCUT2D eigenvalue weighted by molar-refractivity contribution is 4.92. The molecule has 0 aliphatic heterocycles. The Kier molecular flexibility index (Phi) is 3.51. The van der Waals surface area contributed by atoms with E-state index < -0.39 is 0 Å². The standard InChI is InChI=1S/C11H22N2/c1-5-8-13(10-6-7-10)9-11(2,3)12-4/h5,10,12H,1,6-9H2,2-4H3. The van der Waals surface area contributed by atoms with Gasteiger partial charge in [-0.05, 0) is 33.7 Å². The first-order valence-electron chi connectivity index (χ1n) is 5.13. The summed E-state index contributed by atoms with van der Waals surface area (Å²) in [5.41, 5.74) is 0.214. The molecule has 0 heterocycles. The topological polar surface area (TPSA) is 15.3 Å². The van der Waals surface area contributed by atoms with Crippen molar-refractivity contribution in [3.05, 3.63) is 12.7 Å². The number of rotatable bonds is 6. The predicted molar refractivity (Wildman–Crippen MR) is 57.9 cm³/mol. The lowest BCUT2D eigenvalue weighted by Crippen LogP contribution is -2.48. The van der Waals surface area contributed by atoms with Crippen LogP contribution in [0.2, 0.25) is 0 Å². The zero-order valence-corrected chi connectivity index (χ0v) is 9.14. The molecule has 1 aliphatic carbocycles. The second-order valence-electron chi connectivity index (χ2n) is 4.58. The SMILES string of the molecule is C=CCN(CC(C)(C)NC)C1CC1. The highest BCUT2D eigenvalue weighted by atomic mass is 15.2. The molecular weight excluding hydrogens is 160 g/mol. The Bertz CT molecular complexity index is 171. The second kappa shape index (κ2) is 4.25. The maximum absolute atomic E-state index is 3.80. The minimum absolute atomic E-state index is 0.214. The van der Waals surface area contributed by atoms with Crippen molar-refractivity contribution in [3.8, 4) is 0 Å². The van der Waals surface area contributed by atoms with Crippen molar-refractivity contribution in [3.63, 3.8) is 0 Å². The van der Waals surface area contributed by atoms with Crippen LogP contribution in [0.5, 0.6) is 0 Å². The van der Waals surface area contributed by atoms with Gasteiger partial charge in [0.15, 0.2) is 0 Å². The molecule has 0 amide bonds. The van der Waals surface area contributed by atoms with Crippen LogP contribution in [-0.4, -0.2) is 36.6 Å². The Morgan fingerprint density at radius 1 is 1.54 bits per heavy atom. The van der Waals surface area contributed by atoms with Gasteiger partial charge in [-0.15, -0.1) is 6.58 Å². The molecule has 0 atom stereocenters. The van der Waals surface area contributed by atoms with Gasteiger partial charge in [0.2, 0.25) is 0 Å². The molecule has 0 unspecified atom stereocenters. The van der Waals surface area contributed by atoms with Crippen LogP contribution in [-0.2, 0) is 0 Å². The molecular formula is C11H22N2. The summed E-state index contributed by atoms with van der Waals surface area (Å²) in [5.74, 6) is 0. The highest BCUT2D eigenvalue weighted by Gasteiger charge is 2.31. The van der Waals surface area contributed by atoms with Crippen LogP contribution in [0.25, 0.3) is 0 Å².